The first-order chi connectivity index (χ1) is 35.6. The Morgan fingerprint density at radius 2 is 0.895 bits per heavy atom. The van der Waals surface area contributed by atoms with Crippen LogP contribution in [0.2, 0.25) is 0 Å². The highest BCUT2D eigenvalue weighted by Gasteiger charge is 2.47. The summed E-state index contributed by atoms with van der Waals surface area (Å²) in [6.45, 7) is 39.5. The molecule has 0 saturated carbocycles. The van der Waals surface area contributed by atoms with Gasteiger partial charge in [-0.2, -0.15) is 0 Å². The predicted octanol–water partition coefficient (Wildman–Crippen LogP) is 17.4. The number of rotatable bonds is 2. The molecule has 2 aromatic heterocycles. The van der Waals surface area contributed by atoms with Crippen molar-refractivity contribution in [2.75, 3.05) is 4.90 Å². The molecule has 5 heteroatoms. The fraction of sp³-hybridized carbons (Fsp3) is 0.324. The van der Waals surface area contributed by atoms with E-state index in [0.29, 0.717) is 0 Å². The quantitative estimate of drug-likeness (QED) is 0.161. The van der Waals surface area contributed by atoms with Crippen molar-refractivity contribution in [2.24, 2.45) is 0 Å². The van der Waals surface area contributed by atoms with Crippen molar-refractivity contribution >= 4 is 83.8 Å². The van der Waals surface area contributed by atoms with E-state index in [0.717, 1.165) is 22.7 Å². The number of hydrogen-bond acceptors (Lipinski definition) is 2. The fourth-order valence-electron chi connectivity index (χ4n) is 13.2. The topological polar surface area (TPSA) is 22.3 Å². The monoisotopic (exact) mass is 996 g/mol. The van der Waals surface area contributed by atoms with Gasteiger partial charge in [0.1, 0.15) is 0 Å². The van der Waals surface area contributed by atoms with Crippen LogP contribution >= 0.6 is 0 Å². The summed E-state index contributed by atoms with van der Waals surface area (Å²) in [6.07, 6.45) is 0. The Labute approximate surface area is 451 Å². The zero-order valence-electron chi connectivity index (χ0n) is 48.1. The summed E-state index contributed by atoms with van der Waals surface area (Å²) in [4.78, 5) is 2.60. The smallest absolute Gasteiger partial charge is 0.247 e. The summed E-state index contributed by atoms with van der Waals surface area (Å²) in [5.41, 5.74) is 23.7. The second kappa shape index (κ2) is 15.6. The van der Waals surface area contributed by atoms with Crippen LogP contribution < -0.4 is 26.0 Å². The van der Waals surface area contributed by atoms with Crippen LogP contribution in [-0.2, 0) is 32.5 Å². The highest BCUT2D eigenvalue weighted by Crippen LogP contribution is 2.51. The van der Waals surface area contributed by atoms with Crippen molar-refractivity contribution in [3.8, 4) is 22.9 Å². The minimum Gasteiger partial charge on any atom is -0.453 e. The van der Waals surface area contributed by atoms with Crippen LogP contribution in [0.5, 0.6) is 11.5 Å². The van der Waals surface area contributed by atoms with Crippen LogP contribution in [-0.4, -0.2) is 15.8 Å². The minimum atomic E-state index is -0.328. The van der Waals surface area contributed by atoms with Crippen LogP contribution in [0.4, 0.5) is 17.1 Å². The van der Waals surface area contributed by atoms with Gasteiger partial charge in [0, 0.05) is 49.7 Å². The highest BCUT2D eigenvalue weighted by atomic mass is 16.5. The Morgan fingerprint density at radius 3 is 1.53 bits per heavy atom. The fourth-order valence-corrected chi connectivity index (χ4v) is 13.2. The Morgan fingerprint density at radius 1 is 0.382 bits per heavy atom. The lowest BCUT2D eigenvalue weighted by molar-refractivity contribution is 0.469. The van der Waals surface area contributed by atoms with Crippen molar-refractivity contribution in [2.45, 2.75) is 150 Å². The zero-order valence-corrected chi connectivity index (χ0v) is 48.1. The van der Waals surface area contributed by atoms with Crippen molar-refractivity contribution in [1.29, 1.82) is 0 Å². The molecule has 382 valence electrons. The van der Waals surface area contributed by atoms with E-state index in [1.807, 2.05) is 0 Å². The molecule has 0 bridgehead atoms. The van der Waals surface area contributed by atoms with Gasteiger partial charge in [-0.25, -0.2) is 0 Å². The average Bonchev–Trinajstić information content (AvgIpc) is 4.06. The van der Waals surface area contributed by atoms with E-state index >= 15 is 0 Å². The van der Waals surface area contributed by atoms with Gasteiger partial charge in [-0.15, -0.1) is 0 Å². The van der Waals surface area contributed by atoms with E-state index in [1.54, 1.807) is 0 Å². The maximum absolute atomic E-state index is 7.09. The van der Waals surface area contributed by atoms with Crippen LogP contribution in [0.1, 0.15) is 157 Å². The van der Waals surface area contributed by atoms with Crippen LogP contribution in [0.25, 0.3) is 55.0 Å². The SMILES string of the molecule is CC(C)(C)c1ccc(N2c3cc4c(cc3B3c5cc6c7cc(C(C)(C)C)cc8c7n(c6cc5C(C)(C)c5cccc2c53)-c2ccc(C(C)(C)C)cc2O8)c2cc(C(C)(C)C)ccc2n4-c2ccc(C(C)(C)C)cc2)cc1. The largest absolute Gasteiger partial charge is 0.453 e. The number of ether oxygens (including phenoxy) is 1. The zero-order chi connectivity index (χ0) is 53.7. The van der Waals surface area contributed by atoms with Gasteiger partial charge in [0.25, 0.3) is 0 Å². The van der Waals surface area contributed by atoms with Gasteiger partial charge in [-0.3, -0.25) is 0 Å². The molecule has 76 heavy (non-hydrogen) atoms. The predicted molar refractivity (Wildman–Crippen MR) is 327 cm³/mol. The molecule has 13 rings (SSSR count). The lowest BCUT2D eigenvalue weighted by Crippen LogP contribution is -2.64. The minimum absolute atomic E-state index is 0.0237. The third-order valence-electron chi connectivity index (χ3n) is 17.7. The van der Waals surface area contributed by atoms with Crippen LogP contribution in [0, 0.1) is 0 Å². The number of anilines is 3. The Hall–Kier alpha value is -6.98. The van der Waals surface area contributed by atoms with Gasteiger partial charge in [0.2, 0.25) is 6.71 Å². The Kier molecular flexibility index (Phi) is 9.98. The van der Waals surface area contributed by atoms with Gasteiger partial charge in [-0.05, 0) is 156 Å². The van der Waals surface area contributed by atoms with E-state index < -0.39 is 0 Å². The first kappa shape index (κ1) is 48.7. The van der Waals surface area contributed by atoms with Crippen molar-refractivity contribution in [3.63, 3.8) is 0 Å². The summed E-state index contributed by atoms with van der Waals surface area (Å²) in [5, 5.41) is 5.07. The molecule has 0 aliphatic carbocycles. The average molecular weight is 996 g/mol. The molecule has 3 aliphatic rings. The molecule has 0 unspecified atom stereocenters. The molecular formula is C71H74BN3O. The first-order valence-corrected chi connectivity index (χ1v) is 27.9. The summed E-state index contributed by atoms with van der Waals surface area (Å²) in [6, 6.07) is 55.1. The van der Waals surface area contributed by atoms with Gasteiger partial charge >= 0.3 is 0 Å². The molecule has 0 fully saturated rings. The third kappa shape index (κ3) is 7.09. The van der Waals surface area contributed by atoms with Crippen molar-refractivity contribution in [3.05, 3.63) is 178 Å². The molecule has 0 atom stereocenters. The van der Waals surface area contributed by atoms with Crippen molar-refractivity contribution < 1.29 is 4.74 Å². The van der Waals surface area contributed by atoms with Gasteiger partial charge in [-0.1, -0.05) is 184 Å². The lowest BCUT2D eigenvalue weighted by Gasteiger charge is -2.45. The molecule has 0 radical (unpaired) electrons. The summed E-state index contributed by atoms with van der Waals surface area (Å²) < 4.78 is 12.1. The summed E-state index contributed by atoms with van der Waals surface area (Å²) in [5.74, 6) is 1.84. The van der Waals surface area contributed by atoms with Gasteiger partial charge in [0.15, 0.2) is 11.5 Å². The van der Waals surface area contributed by atoms with Crippen LogP contribution in [0.15, 0.2) is 140 Å². The first-order valence-electron chi connectivity index (χ1n) is 27.9. The molecule has 0 N–H and O–H groups in total. The van der Waals surface area contributed by atoms with Gasteiger partial charge < -0.3 is 18.8 Å². The summed E-state index contributed by atoms with van der Waals surface area (Å²) in [7, 11) is 0. The van der Waals surface area contributed by atoms with E-state index in [-0.39, 0.29) is 39.2 Å². The lowest BCUT2D eigenvalue weighted by atomic mass is 9.30. The number of nitrogens with zero attached hydrogens (tertiary/aromatic N) is 3. The van der Waals surface area contributed by atoms with E-state index in [9.17, 15) is 0 Å². The number of fused-ring (bicyclic) bond motifs is 12. The maximum atomic E-state index is 7.09. The van der Waals surface area contributed by atoms with Gasteiger partial charge in [0.05, 0.1) is 27.8 Å². The second-order valence-electron chi connectivity index (χ2n) is 28.4. The standard InChI is InChI=1S/C71H74BN3O/c1-66(2,3)41-21-27-46(28-22-41)73-56-31-25-43(68(7,8)9)33-48(56)49-38-55-61(40-60(49)73)74(47-29-23-42(24-30-47)67(4,5)6)58-20-18-19-52-64(58)72(55)54-37-50-51-34-45(70(13,14)15)36-63-65(51)75(59(50)39-53(54)71(52,16)17)57-32-26-44(69(10,11)12)35-62(57)76-63/h18-40H,1-17H3. The molecular weight excluding hydrogens is 922 g/mol. The maximum Gasteiger partial charge on any atom is 0.247 e. The molecule has 0 amide bonds. The molecule has 10 aromatic rings. The Bertz CT molecular complexity index is 4110. The molecule has 5 heterocycles. The highest BCUT2D eigenvalue weighted by molar-refractivity contribution is 6.99. The number of hydrogen-bond donors (Lipinski definition) is 0. The van der Waals surface area contributed by atoms with E-state index in [2.05, 4.69) is 271 Å². The normalized spacial score (nSPS) is 15.1. The summed E-state index contributed by atoms with van der Waals surface area (Å²) >= 11 is 0. The van der Waals surface area contributed by atoms with E-state index in [1.165, 1.54) is 116 Å². The molecule has 0 saturated heterocycles. The molecule has 8 aromatic carbocycles. The number of benzene rings is 8. The molecule has 3 aliphatic heterocycles. The Balaban J connectivity index is 1.15. The second-order valence-corrected chi connectivity index (χ2v) is 28.4. The third-order valence-corrected chi connectivity index (χ3v) is 17.7. The number of aromatic nitrogens is 2. The van der Waals surface area contributed by atoms with Crippen molar-refractivity contribution in [1.82, 2.24) is 9.13 Å². The van der Waals surface area contributed by atoms with E-state index in [4.69, 9.17) is 4.74 Å². The molecule has 4 nitrogen and oxygen atoms in total. The molecule has 0 spiro atoms. The van der Waals surface area contributed by atoms with Crippen LogP contribution in [0.3, 0.4) is 0 Å².